The van der Waals surface area contributed by atoms with Gasteiger partial charge in [0.05, 0.1) is 6.10 Å². The first-order valence-corrected chi connectivity index (χ1v) is 4.17. The molecule has 1 unspecified atom stereocenters. The van der Waals surface area contributed by atoms with E-state index in [0.717, 1.165) is 12.8 Å². The van der Waals surface area contributed by atoms with E-state index in [1.807, 2.05) is 0 Å². The van der Waals surface area contributed by atoms with Crippen molar-refractivity contribution in [2.75, 3.05) is 13.2 Å². The van der Waals surface area contributed by atoms with Gasteiger partial charge in [-0.2, -0.15) is 0 Å². The summed E-state index contributed by atoms with van der Waals surface area (Å²) in [6, 6.07) is 0. The van der Waals surface area contributed by atoms with Crippen LogP contribution in [0, 0.1) is 0 Å². The Bertz CT molecular complexity index is 85.1. The summed E-state index contributed by atoms with van der Waals surface area (Å²) < 4.78 is 27.7. The molecule has 0 fully saturated rings. The molecule has 12 heavy (non-hydrogen) atoms. The lowest BCUT2D eigenvalue weighted by molar-refractivity contribution is 0.0155. The Labute approximate surface area is 71.5 Å². The SMILES string of the molecule is CC(O)CCCCOCC(F)F. The summed E-state index contributed by atoms with van der Waals surface area (Å²) in [5, 5.41) is 8.84. The number of halogens is 2. The normalized spacial score (nSPS) is 13.8. The number of aliphatic hydroxyl groups is 1. The van der Waals surface area contributed by atoms with Crippen molar-refractivity contribution in [1.29, 1.82) is 0 Å². The van der Waals surface area contributed by atoms with Crippen molar-refractivity contribution >= 4 is 0 Å². The minimum Gasteiger partial charge on any atom is -0.393 e. The van der Waals surface area contributed by atoms with Gasteiger partial charge in [-0.3, -0.25) is 0 Å². The first kappa shape index (κ1) is 11.8. The Morgan fingerprint density at radius 3 is 2.50 bits per heavy atom. The topological polar surface area (TPSA) is 29.5 Å². The van der Waals surface area contributed by atoms with Gasteiger partial charge in [0.1, 0.15) is 6.61 Å². The van der Waals surface area contributed by atoms with Crippen LogP contribution in [0.5, 0.6) is 0 Å². The molecule has 0 aliphatic rings. The molecule has 0 aromatic carbocycles. The van der Waals surface area contributed by atoms with Gasteiger partial charge in [-0.1, -0.05) is 0 Å². The molecular weight excluding hydrogens is 166 g/mol. The van der Waals surface area contributed by atoms with Gasteiger partial charge >= 0.3 is 0 Å². The molecule has 0 amide bonds. The van der Waals surface area contributed by atoms with Gasteiger partial charge in [-0.05, 0) is 26.2 Å². The molecule has 1 atom stereocenters. The lowest BCUT2D eigenvalue weighted by Crippen LogP contribution is -2.06. The number of hydrogen-bond donors (Lipinski definition) is 1. The molecule has 2 nitrogen and oxygen atoms in total. The quantitative estimate of drug-likeness (QED) is 0.608. The summed E-state index contributed by atoms with van der Waals surface area (Å²) in [5.74, 6) is 0. The summed E-state index contributed by atoms with van der Waals surface area (Å²) in [4.78, 5) is 0. The van der Waals surface area contributed by atoms with Crippen molar-refractivity contribution in [2.24, 2.45) is 0 Å². The van der Waals surface area contributed by atoms with Gasteiger partial charge in [-0.15, -0.1) is 0 Å². The number of rotatable bonds is 7. The molecule has 0 aromatic heterocycles. The molecule has 0 radical (unpaired) electrons. The number of ether oxygens (including phenoxy) is 1. The van der Waals surface area contributed by atoms with Crippen LogP contribution in [0.4, 0.5) is 8.78 Å². The van der Waals surface area contributed by atoms with E-state index in [9.17, 15) is 8.78 Å². The zero-order valence-corrected chi connectivity index (χ0v) is 7.30. The summed E-state index contributed by atoms with van der Waals surface area (Å²) >= 11 is 0. The molecule has 0 spiro atoms. The van der Waals surface area contributed by atoms with E-state index in [-0.39, 0.29) is 6.10 Å². The smallest absolute Gasteiger partial charge is 0.261 e. The molecule has 0 aliphatic carbocycles. The van der Waals surface area contributed by atoms with Gasteiger partial charge in [-0.25, -0.2) is 8.78 Å². The Balaban J connectivity index is 2.91. The van der Waals surface area contributed by atoms with E-state index >= 15 is 0 Å². The van der Waals surface area contributed by atoms with Crippen molar-refractivity contribution in [3.63, 3.8) is 0 Å². The van der Waals surface area contributed by atoms with E-state index in [1.54, 1.807) is 6.92 Å². The van der Waals surface area contributed by atoms with Crippen molar-refractivity contribution in [3.05, 3.63) is 0 Å². The molecule has 4 heteroatoms. The predicted octanol–water partition coefficient (Wildman–Crippen LogP) is 1.82. The maximum Gasteiger partial charge on any atom is 0.261 e. The Morgan fingerprint density at radius 1 is 1.33 bits per heavy atom. The van der Waals surface area contributed by atoms with Gasteiger partial charge in [0, 0.05) is 6.61 Å². The van der Waals surface area contributed by atoms with Crippen molar-refractivity contribution in [3.8, 4) is 0 Å². The zero-order valence-electron chi connectivity index (χ0n) is 7.30. The van der Waals surface area contributed by atoms with Crippen LogP contribution in [-0.2, 0) is 4.74 Å². The van der Waals surface area contributed by atoms with Crippen LogP contribution in [-0.4, -0.2) is 30.8 Å². The number of alkyl halides is 2. The van der Waals surface area contributed by atoms with Gasteiger partial charge in [0.2, 0.25) is 0 Å². The van der Waals surface area contributed by atoms with Crippen molar-refractivity contribution in [2.45, 2.75) is 38.7 Å². The van der Waals surface area contributed by atoms with Gasteiger partial charge < -0.3 is 9.84 Å². The highest BCUT2D eigenvalue weighted by molar-refractivity contribution is 4.47. The summed E-state index contributed by atoms with van der Waals surface area (Å²) in [6.45, 7) is 1.59. The van der Waals surface area contributed by atoms with Crippen LogP contribution >= 0.6 is 0 Å². The lowest BCUT2D eigenvalue weighted by Gasteiger charge is -2.04. The number of unbranched alkanes of at least 4 members (excludes halogenated alkanes) is 1. The monoisotopic (exact) mass is 182 g/mol. The van der Waals surface area contributed by atoms with Crippen LogP contribution in [0.1, 0.15) is 26.2 Å². The molecular formula is C8H16F2O2. The minimum absolute atomic E-state index is 0.305. The van der Waals surface area contributed by atoms with Crippen molar-refractivity contribution in [1.82, 2.24) is 0 Å². The third-order valence-corrected chi connectivity index (χ3v) is 1.40. The average molecular weight is 182 g/mol. The summed E-state index contributed by atoms with van der Waals surface area (Å²) in [6.07, 6.45) is -0.418. The van der Waals surface area contributed by atoms with Crippen LogP contribution < -0.4 is 0 Å². The molecule has 0 aromatic rings. The molecule has 0 rings (SSSR count). The van der Waals surface area contributed by atoms with E-state index in [4.69, 9.17) is 5.11 Å². The number of aliphatic hydroxyl groups excluding tert-OH is 1. The highest BCUT2D eigenvalue weighted by atomic mass is 19.3. The van der Waals surface area contributed by atoms with E-state index in [1.165, 1.54) is 0 Å². The number of hydrogen-bond acceptors (Lipinski definition) is 2. The van der Waals surface area contributed by atoms with Crippen LogP contribution in [0.3, 0.4) is 0 Å². The first-order valence-electron chi connectivity index (χ1n) is 4.17. The maximum absolute atomic E-state index is 11.5. The predicted molar refractivity (Wildman–Crippen MR) is 42.4 cm³/mol. The van der Waals surface area contributed by atoms with Crippen LogP contribution in [0.25, 0.3) is 0 Å². The van der Waals surface area contributed by atoms with E-state index in [0.29, 0.717) is 13.0 Å². The fourth-order valence-corrected chi connectivity index (χ4v) is 0.816. The molecule has 0 aliphatic heterocycles. The van der Waals surface area contributed by atoms with Gasteiger partial charge in [0.15, 0.2) is 0 Å². The molecule has 0 heterocycles. The molecule has 1 N–H and O–H groups in total. The second kappa shape index (κ2) is 7.43. The highest BCUT2D eigenvalue weighted by Crippen LogP contribution is 2.01. The second-order valence-corrected chi connectivity index (χ2v) is 2.81. The maximum atomic E-state index is 11.5. The average Bonchev–Trinajstić information content (AvgIpc) is 1.95. The summed E-state index contributed by atoms with van der Waals surface area (Å²) in [5.41, 5.74) is 0. The fourth-order valence-electron chi connectivity index (χ4n) is 0.816. The molecule has 0 saturated carbocycles. The molecule has 74 valence electrons. The fraction of sp³-hybridized carbons (Fsp3) is 1.00. The standard InChI is InChI=1S/C8H16F2O2/c1-7(11)4-2-3-5-12-6-8(9)10/h7-8,11H,2-6H2,1H3. The van der Waals surface area contributed by atoms with Gasteiger partial charge in [0.25, 0.3) is 6.43 Å². The Hall–Kier alpha value is -0.220. The lowest BCUT2D eigenvalue weighted by atomic mass is 10.2. The Morgan fingerprint density at radius 2 is 2.00 bits per heavy atom. The second-order valence-electron chi connectivity index (χ2n) is 2.81. The van der Waals surface area contributed by atoms with Crippen LogP contribution in [0.2, 0.25) is 0 Å². The minimum atomic E-state index is -2.37. The largest absolute Gasteiger partial charge is 0.393 e. The van der Waals surface area contributed by atoms with Crippen molar-refractivity contribution < 1.29 is 18.6 Å². The van der Waals surface area contributed by atoms with E-state index in [2.05, 4.69) is 4.74 Å². The molecule has 0 bridgehead atoms. The highest BCUT2D eigenvalue weighted by Gasteiger charge is 2.01. The third-order valence-electron chi connectivity index (χ3n) is 1.40. The summed E-state index contributed by atoms with van der Waals surface area (Å²) in [7, 11) is 0. The third kappa shape index (κ3) is 9.78. The molecule has 0 saturated heterocycles. The first-order chi connectivity index (χ1) is 5.63. The zero-order chi connectivity index (χ0) is 9.40. The van der Waals surface area contributed by atoms with E-state index < -0.39 is 13.0 Å². The Kier molecular flexibility index (Phi) is 7.29. The van der Waals surface area contributed by atoms with Crippen LogP contribution in [0.15, 0.2) is 0 Å².